The molecule has 3 heterocycles. The van der Waals surface area contributed by atoms with Crippen molar-refractivity contribution in [2.45, 2.75) is 5.41 Å². The van der Waals surface area contributed by atoms with Gasteiger partial charge in [-0.3, -0.25) is 4.98 Å². The Morgan fingerprint density at radius 3 is 1.95 bits per heavy atom. The highest BCUT2D eigenvalue weighted by molar-refractivity contribution is 6.03. The average molecular weight is 511 g/mol. The van der Waals surface area contributed by atoms with Crippen LogP contribution < -0.4 is 4.74 Å². The van der Waals surface area contributed by atoms with Gasteiger partial charge in [0.2, 0.25) is 0 Å². The van der Waals surface area contributed by atoms with Gasteiger partial charge in [-0.2, -0.15) is 0 Å². The van der Waals surface area contributed by atoms with Gasteiger partial charge in [0.05, 0.1) is 22.1 Å². The fourth-order valence-corrected chi connectivity index (χ4v) is 6.90. The van der Waals surface area contributed by atoms with E-state index in [1.807, 2.05) is 12.3 Å². The van der Waals surface area contributed by atoms with Gasteiger partial charge in [-0.05, 0) is 58.7 Å². The zero-order chi connectivity index (χ0) is 26.3. The Morgan fingerprint density at radius 2 is 1.15 bits per heavy atom. The number of hydrogen-bond donors (Lipinski definition) is 0. The van der Waals surface area contributed by atoms with Crippen molar-refractivity contribution in [3.05, 3.63) is 156 Å². The summed E-state index contributed by atoms with van der Waals surface area (Å²) in [7, 11) is 0. The number of aromatic nitrogens is 2. The van der Waals surface area contributed by atoms with Gasteiger partial charge in [0.15, 0.2) is 0 Å². The van der Waals surface area contributed by atoms with E-state index >= 15 is 0 Å². The van der Waals surface area contributed by atoms with Crippen LogP contribution in [-0.4, -0.2) is 9.97 Å². The van der Waals surface area contributed by atoms with Gasteiger partial charge in [0, 0.05) is 33.7 Å². The number of nitrogens with zero attached hydrogens (tertiary/aromatic N) is 2. The molecule has 1 aliphatic heterocycles. The molecule has 0 amide bonds. The lowest BCUT2D eigenvalue weighted by atomic mass is 9.66. The van der Waals surface area contributed by atoms with Crippen LogP contribution in [0.4, 0.5) is 0 Å². The minimum absolute atomic E-state index is 0.488. The van der Waals surface area contributed by atoms with Gasteiger partial charge in [-0.25, -0.2) is 4.98 Å². The molecule has 2 aliphatic rings. The third-order valence-corrected chi connectivity index (χ3v) is 8.57. The lowest BCUT2D eigenvalue weighted by Crippen LogP contribution is -2.32. The van der Waals surface area contributed by atoms with Crippen molar-refractivity contribution in [2.75, 3.05) is 0 Å². The number of rotatable bonds is 1. The van der Waals surface area contributed by atoms with Crippen LogP contribution in [0.2, 0.25) is 0 Å². The molecule has 0 saturated heterocycles. The minimum atomic E-state index is -0.488. The monoisotopic (exact) mass is 510 g/mol. The van der Waals surface area contributed by atoms with E-state index in [2.05, 4.69) is 126 Å². The third-order valence-electron chi connectivity index (χ3n) is 8.57. The first-order valence-electron chi connectivity index (χ1n) is 13.6. The fourth-order valence-electron chi connectivity index (χ4n) is 6.90. The van der Waals surface area contributed by atoms with Crippen molar-refractivity contribution in [1.82, 2.24) is 9.97 Å². The normalized spacial score (nSPS) is 13.9. The maximum atomic E-state index is 6.58. The second-order valence-electron chi connectivity index (χ2n) is 10.6. The van der Waals surface area contributed by atoms with E-state index in [9.17, 15) is 0 Å². The van der Waals surface area contributed by atoms with Crippen LogP contribution in [0.3, 0.4) is 0 Å². The van der Waals surface area contributed by atoms with E-state index in [1.54, 1.807) is 0 Å². The molecule has 3 heteroatoms. The van der Waals surface area contributed by atoms with E-state index < -0.39 is 5.41 Å². The smallest absolute Gasteiger partial charge is 0.132 e. The highest BCUT2D eigenvalue weighted by atomic mass is 16.5. The van der Waals surface area contributed by atoms with Gasteiger partial charge in [-0.15, -0.1) is 0 Å². The van der Waals surface area contributed by atoms with E-state index in [-0.39, 0.29) is 0 Å². The predicted octanol–water partition coefficient (Wildman–Crippen LogP) is 8.92. The number of benzene rings is 5. The van der Waals surface area contributed by atoms with Gasteiger partial charge < -0.3 is 4.74 Å². The predicted molar refractivity (Wildman–Crippen MR) is 160 cm³/mol. The van der Waals surface area contributed by atoms with E-state index in [4.69, 9.17) is 9.72 Å². The number of pyridine rings is 2. The molecule has 0 unspecified atom stereocenters. The van der Waals surface area contributed by atoms with Gasteiger partial charge in [0.25, 0.3) is 0 Å². The van der Waals surface area contributed by atoms with Crippen LogP contribution in [0, 0.1) is 0 Å². The second kappa shape index (κ2) is 7.87. The molecule has 9 rings (SSSR count). The molecular weight excluding hydrogens is 488 g/mol. The van der Waals surface area contributed by atoms with E-state index in [1.165, 1.54) is 27.8 Å². The van der Waals surface area contributed by atoms with Crippen LogP contribution >= 0.6 is 0 Å². The summed E-state index contributed by atoms with van der Waals surface area (Å²) in [5.41, 5.74) is 10.7. The van der Waals surface area contributed by atoms with Gasteiger partial charge >= 0.3 is 0 Å². The lowest BCUT2D eigenvalue weighted by molar-refractivity contribution is 0.436. The van der Waals surface area contributed by atoms with Gasteiger partial charge in [-0.1, -0.05) is 91.0 Å². The number of para-hydroxylation sites is 1. The zero-order valence-corrected chi connectivity index (χ0v) is 21.5. The molecule has 2 aromatic heterocycles. The Kier molecular flexibility index (Phi) is 4.26. The molecule has 5 aromatic carbocycles. The van der Waals surface area contributed by atoms with Crippen LogP contribution in [0.5, 0.6) is 11.5 Å². The molecule has 0 fully saturated rings. The molecule has 7 aromatic rings. The topological polar surface area (TPSA) is 35.0 Å². The van der Waals surface area contributed by atoms with Crippen LogP contribution in [0.1, 0.15) is 22.3 Å². The summed E-state index contributed by atoms with van der Waals surface area (Å²) in [6, 6.07) is 45.1. The summed E-state index contributed by atoms with van der Waals surface area (Å²) in [5, 5.41) is 2.17. The van der Waals surface area contributed by atoms with Crippen molar-refractivity contribution in [3.63, 3.8) is 0 Å². The fraction of sp³-hybridized carbons (Fsp3) is 0.0270. The van der Waals surface area contributed by atoms with Crippen molar-refractivity contribution < 1.29 is 4.74 Å². The highest BCUT2D eigenvalue weighted by Gasteiger charge is 2.50. The standard InChI is InChI=1S/C37H22N2O/c1-3-11-28-26(9-1)27-10-2-4-12-29(27)37(28)30-13-5-6-14-33(30)40-34-20-18-25(22-31(34)37)32-19-17-24-16-15-23-8-7-21-38-35(23)36(24)39-32/h1-22H. The van der Waals surface area contributed by atoms with Crippen molar-refractivity contribution in [2.24, 2.45) is 0 Å². The van der Waals surface area contributed by atoms with Crippen LogP contribution in [0.15, 0.2) is 134 Å². The summed E-state index contributed by atoms with van der Waals surface area (Å²) < 4.78 is 6.58. The first-order chi connectivity index (χ1) is 19.8. The number of fused-ring (bicyclic) bond motifs is 12. The quantitative estimate of drug-likeness (QED) is 0.207. The first kappa shape index (κ1) is 21.6. The Labute approximate surface area is 231 Å². The van der Waals surface area contributed by atoms with Crippen LogP contribution in [-0.2, 0) is 5.41 Å². The summed E-state index contributed by atoms with van der Waals surface area (Å²) in [6.45, 7) is 0. The molecule has 0 atom stereocenters. The van der Waals surface area contributed by atoms with Crippen molar-refractivity contribution in [1.29, 1.82) is 0 Å². The Morgan fingerprint density at radius 1 is 0.500 bits per heavy atom. The van der Waals surface area contributed by atoms with Crippen molar-refractivity contribution in [3.8, 4) is 33.9 Å². The molecule has 3 nitrogen and oxygen atoms in total. The molecule has 0 saturated carbocycles. The molecule has 0 radical (unpaired) electrons. The summed E-state index contributed by atoms with van der Waals surface area (Å²) in [5.74, 6) is 1.78. The number of hydrogen-bond acceptors (Lipinski definition) is 3. The first-order valence-corrected chi connectivity index (χ1v) is 13.6. The molecular formula is C37H22N2O. The maximum absolute atomic E-state index is 6.58. The Balaban J connectivity index is 1.35. The minimum Gasteiger partial charge on any atom is -0.457 e. The summed E-state index contributed by atoms with van der Waals surface area (Å²) in [6.07, 6.45) is 1.84. The van der Waals surface area contributed by atoms with Crippen LogP contribution in [0.25, 0.3) is 44.2 Å². The lowest BCUT2D eigenvalue weighted by Gasteiger charge is -2.39. The van der Waals surface area contributed by atoms with Crippen molar-refractivity contribution >= 4 is 21.8 Å². The molecule has 186 valence electrons. The Hall–Kier alpha value is -5.28. The average Bonchev–Trinajstić information content (AvgIpc) is 3.32. The molecule has 1 aliphatic carbocycles. The highest BCUT2D eigenvalue weighted by Crippen LogP contribution is 2.62. The zero-order valence-electron chi connectivity index (χ0n) is 21.5. The molecule has 1 spiro atoms. The maximum Gasteiger partial charge on any atom is 0.132 e. The molecule has 0 bridgehead atoms. The summed E-state index contributed by atoms with van der Waals surface area (Å²) >= 11 is 0. The number of ether oxygens (including phenoxy) is 1. The second-order valence-corrected chi connectivity index (χ2v) is 10.6. The Bertz CT molecular complexity index is 2120. The van der Waals surface area contributed by atoms with Gasteiger partial charge in [0.1, 0.15) is 11.5 Å². The SMILES string of the molecule is c1ccc2c(c1)Oc1ccc(-c3ccc4ccc5cccnc5c4n3)cc1C21c2ccccc2-c2ccccc21. The van der Waals surface area contributed by atoms with E-state index in [0.717, 1.165) is 50.1 Å². The third kappa shape index (κ3) is 2.73. The van der Waals surface area contributed by atoms with E-state index in [0.29, 0.717) is 0 Å². The largest absolute Gasteiger partial charge is 0.457 e. The summed E-state index contributed by atoms with van der Waals surface area (Å²) in [4.78, 5) is 9.83. The molecule has 0 N–H and O–H groups in total. The molecule has 40 heavy (non-hydrogen) atoms.